The van der Waals surface area contributed by atoms with E-state index in [0.29, 0.717) is 21.8 Å². The van der Waals surface area contributed by atoms with Gasteiger partial charge in [-0.25, -0.2) is 4.98 Å². The van der Waals surface area contributed by atoms with E-state index in [9.17, 15) is 9.59 Å². The van der Waals surface area contributed by atoms with Crippen molar-refractivity contribution in [3.8, 4) is 0 Å². The van der Waals surface area contributed by atoms with E-state index in [0.717, 1.165) is 15.7 Å². The van der Waals surface area contributed by atoms with Crippen LogP contribution in [0.2, 0.25) is 5.02 Å². The molecule has 7 heteroatoms. The number of rotatable bonds is 2. The lowest BCUT2D eigenvalue weighted by Crippen LogP contribution is -2.30. The Morgan fingerprint density at radius 2 is 1.87 bits per heavy atom. The number of amides is 1. The number of anilines is 1. The molecule has 1 aliphatic rings. The number of nitrogens with zero attached hydrogens (tertiary/aromatic N) is 2. The number of fused-ring (bicyclic) bond motifs is 2. The predicted molar refractivity (Wildman–Crippen MR) is 119 cm³/mol. The van der Waals surface area contributed by atoms with Gasteiger partial charge in [-0.05, 0) is 55.0 Å². The number of carbonyl (C=O) groups is 1. The molecule has 0 N–H and O–H groups in total. The third-order valence-corrected chi connectivity index (χ3v) is 5.85. The molecular formula is C23H14BrClN2O3. The highest BCUT2D eigenvalue weighted by Crippen LogP contribution is 2.41. The second-order valence-corrected chi connectivity index (χ2v) is 8.44. The van der Waals surface area contributed by atoms with Crippen LogP contribution in [0.5, 0.6) is 0 Å². The number of pyridine rings is 1. The van der Waals surface area contributed by atoms with E-state index in [4.69, 9.17) is 16.0 Å². The Bertz CT molecular complexity index is 1400. The van der Waals surface area contributed by atoms with E-state index < -0.39 is 11.9 Å². The van der Waals surface area contributed by atoms with E-state index in [1.807, 2.05) is 43.3 Å². The van der Waals surface area contributed by atoms with Crippen molar-refractivity contribution in [3.63, 3.8) is 0 Å². The van der Waals surface area contributed by atoms with Crippen LogP contribution in [-0.4, -0.2) is 10.9 Å². The molecular weight excluding hydrogens is 468 g/mol. The fourth-order valence-electron chi connectivity index (χ4n) is 3.84. The van der Waals surface area contributed by atoms with E-state index >= 15 is 0 Å². The van der Waals surface area contributed by atoms with Crippen molar-refractivity contribution in [2.45, 2.75) is 13.0 Å². The molecule has 1 amide bonds. The number of hydrogen-bond acceptors (Lipinski definition) is 4. The van der Waals surface area contributed by atoms with Crippen molar-refractivity contribution in [2.24, 2.45) is 0 Å². The number of hydrogen-bond donors (Lipinski definition) is 0. The van der Waals surface area contributed by atoms with Gasteiger partial charge in [-0.3, -0.25) is 14.5 Å². The van der Waals surface area contributed by atoms with Gasteiger partial charge in [0.05, 0.1) is 17.0 Å². The smallest absolute Gasteiger partial charge is 0.296 e. The average Bonchev–Trinajstić information content (AvgIpc) is 3.01. The maximum Gasteiger partial charge on any atom is 0.296 e. The van der Waals surface area contributed by atoms with Crippen molar-refractivity contribution < 1.29 is 9.21 Å². The molecule has 0 unspecified atom stereocenters. The Labute approximate surface area is 185 Å². The summed E-state index contributed by atoms with van der Waals surface area (Å²) in [4.78, 5) is 33.0. The molecule has 5 rings (SSSR count). The third kappa shape index (κ3) is 2.95. The number of aromatic nitrogens is 1. The molecule has 30 heavy (non-hydrogen) atoms. The van der Waals surface area contributed by atoms with Gasteiger partial charge >= 0.3 is 0 Å². The zero-order valence-electron chi connectivity index (χ0n) is 15.7. The molecule has 0 saturated heterocycles. The first-order chi connectivity index (χ1) is 14.4. The van der Waals surface area contributed by atoms with Crippen molar-refractivity contribution in [1.82, 2.24) is 4.98 Å². The van der Waals surface area contributed by atoms with Crippen LogP contribution >= 0.6 is 27.5 Å². The molecule has 2 aromatic heterocycles. The minimum Gasteiger partial charge on any atom is -0.450 e. The first-order valence-electron chi connectivity index (χ1n) is 9.23. The minimum absolute atomic E-state index is 0.0307. The molecule has 148 valence electrons. The molecule has 0 saturated carbocycles. The van der Waals surface area contributed by atoms with Gasteiger partial charge in [0.2, 0.25) is 5.76 Å². The summed E-state index contributed by atoms with van der Waals surface area (Å²) in [6.07, 6.45) is 0. The highest BCUT2D eigenvalue weighted by atomic mass is 79.9. The van der Waals surface area contributed by atoms with Gasteiger partial charge in [0.1, 0.15) is 11.4 Å². The highest BCUT2D eigenvalue weighted by molar-refractivity contribution is 9.10. The lowest BCUT2D eigenvalue weighted by molar-refractivity contribution is 0.0970. The summed E-state index contributed by atoms with van der Waals surface area (Å²) in [5.41, 5.74) is 1.87. The van der Waals surface area contributed by atoms with Crippen molar-refractivity contribution in [1.29, 1.82) is 0 Å². The minimum atomic E-state index is -0.668. The lowest BCUT2D eigenvalue weighted by Gasteiger charge is -2.24. The fraction of sp³-hybridized carbons (Fsp3) is 0.0870. The average molecular weight is 482 g/mol. The van der Waals surface area contributed by atoms with Crippen molar-refractivity contribution in [2.75, 3.05) is 4.90 Å². The summed E-state index contributed by atoms with van der Waals surface area (Å²) in [5, 5.41) is 0.767. The Kier molecular flexibility index (Phi) is 4.49. The van der Waals surface area contributed by atoms with Gasteiger partial charge in [-0.15, -0.1) is 0 Å². The topological polar surface area (TPSA) is 63.4 Å². The first kappa shape index (κ1) is 19.0. The summed E-state index contributed by atoms with van der Waals surface area (Å²) in [5.74, 6) is 0.0861. The highest BCUT2D eigenvalue weighted by Gasteiger charge is 2.44. The molecule has 4 aromatic rings. The zero-order chi connectivity index (χ0) is 21.0. The maximum absolute atomic E-state index is 13.5. The molecule has 2 aromatic carbocycles. The lowest BCUT2D eigenvalue weighted by atomic mass is 9.98. The van der Waals surface area contributed by atoms with Crippen LogP contribution in [0.1, 0.15) is 33.4 Å². The van der Waals surface area contributed by atoms with Crippen molar-refractivity contribution in [3.05, 3.63) is 103 Å². The van der Waals surface area contributed by atoms with Crippen LogP contribution in [0.15, 0.2) is 74.3 Å². The van der Waals surface area contributed by atoms with Crippen LogP contribution < -0.4 is 10.3 Å². The van der Waals surface area contributed by atoms with E-state index in [1.165, 1.54) is 4.90 Å². The number of aryl methyl sites for hydroxylation is 1. The normalized spacial score (nSPS) is 15.6. The van der Waals surface area contributed by atoms with E-state index in [-0.39, 0.29) is 16.8 Å². The van der Waals surface area contributed by atoms with Gasteiger partial charge in [-0.1, -0.05) is 45.7 Å². The summed E-state index contributed by atoms with van der Waals surface area (Å²) in [7, 11) is 0. The van der Waals surface area contributed by atoms with Gasteiger partial charge in [0.15, 0.2) is 5.43 Å². The Morgan fingerprint density at radius 1 is 1.07 bits per heavy atom. The molecule has 0 bridgehead atoms. The standard InChI is InChI=1S/C23H14BrClN2O3/c1-12-4-2-7-18(26-12)27-20(13-5-3-6-14(24)10-13)19-21(28)16-11-15(25)8-9-17(16)30-22(19)23(27)29/h2-11,20H,1H3/t20-/m1/s1. The monoisotopic (exact) mass is 480 g/mol. The van der Waals surface area contributed by atoms with Gasteiger partial charge in [0, 0.05) is 15.2 Å². The predicted octanol–water partition coefficient (Wildman–Crippen LogP) is 5.66. The molecule has 0 radical (unpaired) electrons. The van der Waals surface area contributed by atoms with Gasteiger partial charge in [-0.2, -0.15) is 0 Å². The summed E-state index contributed by atoms with van der Waals surface area (Å²) >= 11 is 9.59. The van der Waals surface area contributed by atoms with Crippen LogP contribution in [-0.2, 0) is 0 Å². The molecule has 0 spiro atoms. The molecule has 0 fully saturated rings. The van der Waals surface area contributed by atoms with E-state index in [2.05, 4.69) is 20.9 Å². The van der Waals surface area contributed by atoms with Crippen LogP contribution in [0.4, 0.5) is 5.82 Å². The number of benzene rings is 2. The molecule has 0 aliphatic carbocycles. The van der Waals surface area contributed by atoms with Crippen molar-refractivity contribution >= 4 is 50.2 Å². The maximum atomic E-state index is 13.5. The molecule has 3 heterocycles. The summed E-state index contributed by atoms with van der Waals surface area (Å²) in [6.45, 7) is 1.85. The van der Waals surface area contributed by atoms with Crippen LogP contribution in [0, 0.1) is 6.92 Å². The second-order valence-electron chi connectivity index (χ2n) is 7.08. The van der Waals surface area contributed by atoms with Crippen LogP contribution in [0.25, 0.3) is 11.0 Å². The summed E-state index contributed by atoms with van der Waals surface area (Å²) in [6, 6.07) is 17.1. The Balaban J connectivity index is 1.84. The van der Waals surface area contributed by atoms with Gasteiger partial charge in [0.25, 0.3) is 5.91 Å². The van der Waals surface area contributed by atoms with Crippen LogP contribution in [0.3, 0.4) is 0 Å². The fourth-order valence-corrected chi connectivity index (χ4v) is 4.43. The Hall–Kier alpha value is -2.96. The number of halogens is 2. The van der Waals surface area contributed by atoms with E-state index in [1.54, 1.807) is 24.3 Å². The van der Waals surface area contributed by atoms with Gasteiger partial charge < -0.3 is 4.42 Å². The Morgan fingerprint density at radius 3 is 2.63 bits per heavy atom. The molecule has 1 aliphatic heterocycles. The zero-order valence-corrected chi connectivity index (χ0v) is 18.1. The quantitative estimate of drug-likeness (QED) is 0.370. The molecule has 1 atom stereocenters. The second kappa shape index (κ2) is 7.07. The first-order valence-corrected chi connectivity index (χ1v) is 10.4. The SMILES string of the molecule is Cc1cccc(N2C(=O)c3oc4ccc(Cl)cc4c(=O)c3[C@H]2c2cccc(Br)c2)n1. The number of carbonyl (C=O) groups excluding carboxylic acids is 1. The molecule has 5 nitrogen and oxygen atoms in total. The summed E-state index contributed by atoms with van der Waals surface area (Å²) < 4.78 is 6.77. The third-order valence-electron chi connectivity index (χ3n) is 5.12. The largest absolute Gasteiger partial charge is 0.450 e.